The van der Waals surface area contributed by atoms with Crippen LogP contribution in [0.1, 0.15) is 10.4 Å². The lowest BCUT2D eigenvalue weighted by atomic mass is 10.2. The molecule has 15 heavy (non-hydrogen) atoms. The summed E-state index contributed by atoms with van der Waals surface area (Å²) >= 11 is 1.91. The van der Waals surface area contributed by atoms with Crippen molar-refractivity contribution in [3.05, 3.63) is 29.8 Å². The molecule has 1 aromatic carbocycles. The van der Waals surface area contributed by atoms with Crippen LogP contribution >= 0.6 is 11.8 Å². The maximum absolute atomic E-state index is 10.7. The maximum Gasteiger partial charge on any atom is 0.335 e. The Bertz CT molecular complexity index is 361. The molecule has 2 rings (SSSR count). The van der Waals surface area contributed by atoms with Crippen LogP contribution in [-0.4, -0.2) is 29.2 Å². The normalized spacial score (nSPS) is 15.7. The van der Waals surface area contributed by atoms with Crippen LogP contribution < -0.4 is 4.74 Å². The molecule has 0 amide bonds. The van der Waals surface area contributed by atoms with Crippen molar-refractivity contribution in [2.24, 2.45) is 5.92 Å². The van der Waals surface area contributed by atoms with Gasteiger partial charge in [-0.1, -0.05) is 6.07 Å². The first-order chi connectivity index (χ1) is 7.25. The smallest absolute Gasteiger partial charge is 0.335 e. The summed E-state index contributed by atoms with van der Waals surface area (Å²) in [5, 5.41) is 8.79. The minimum absolute atomic E-state index is 0.274. The van der Waals surface area contributed by atoms with E-state index in [0.29, 0.717) is 18.3 Å². The van der Waals surface area contributed by atoms with Gasteiger partial charge in [0.15, 0.2) is 0 Å². The Balaban J connectivity index is 1.94. The quantitative estimate of drug-likeness (QED) is 0.851. The first kappa shape index (κ1) is 10.4. The van der Waals surface area contributed by atoms with Crippen molar-refractivity contribution in [1.29, 1.82) is 0 Å². The van der Waals surface area contributed by atoms with Gasteiger partial charge < -0.3 is 9.84 Å². The van der Waals surface area contributed by atoms with E-state index in [2.05, 4.69) is 0 Å². The molecule has 0 spiro atoms. The maximum atomic E-state index is 10.7. The Morgan fingerprint density at radius 2 is 2.33 bits per heavy atom. The first-order valence-corrected chi connectivity index (χ1v) is 5.95. The van der Waals surface area contributed by atoms with Crippen molar-refractivity contribution >= 4 is 17.7 Å². The van der Waals surface area contributed by atoms with E-state index in [0.717, 1.165) is 11.5 Å². The van der Waals surface area contributed by atoms with Crippen LogP contribution in [0.5, 0.6) is 5.75 Å². The number of rotatable bonds is 4. The number of hydrogen-bond acceptors (Lipinski definition) is 3. The molecule has 0 radical (unpaired) electrons. The Morgan fingerprint density at radius 1 is 1.53 bits per heavy atom. The molecule has 80 valence electrons. The van der Waals surface area contributed by atoms with Crippen LogP contribution in [0.15, 0.2) is 24.3 Å². The largest absolute Gasteiger partial charge is 0.493 e. The predicted molar refractivity (Wildman–Crippen MR) is 59.7 cm³/mol. The summed E-state index contributed by atoms with van der Waals surface area (Å²) in [5.74, 6) is 2.66. The van der Waals surface area contributed by atoms with Crippen LogP contribution in [0, 0.1) is 5.92 Å². The average molecular weight is 224 g/mol. The van der Waals surface area contributed by atoms with E-state index in [1.807, 2.05) is 11.8 Å². The first-order valence-electron chi connectivity index (χ1n) is 4.79. The summed E-state index contributed by atoms with van der Waals surface area (Å²) < 4.78 is 5.52. The van der Waals surface area contributed by atoms with Crippen molar-refractivity contribution in [3.63, 3.8) is 0 Å². The minimum Gasteiger partial charge on any atom is -0.493 e. The Morgan fingerprint density at radius 3 is 2.93 bits per heavy atom. The molecular weight excluding hydrogens is 212 g/mol. The van der Waals surface area contributed by atoms with Crippen molar-refractivity contribution in [2.75, 3.05) is 18.1 Å². The van der Waals surface area contributed by atoms with Gasteiger partial charge in [0.25, 0.3) is 0 Å². The highest BCUT2D eigenvalue weighted by atomic mass is 32.2. The zero-order chi connectivity index (χ0) is 10.7. The highest BCUT2D eigenvalue weighted by Crippen LogP contribution is 2.25. The van der Waals surface area contributed by atoms with Gasteiger partial charge >= 0.3 is 5.97 Å². The van der Waals surface area contributed by atoms with E-state index in [4.69, 9.17) is 9.84 Å². The molecule has 0 unspecified atom stereocenters. The molecule has 4 heteroatoms. The number of thioether (sulfide) groups is 1. The Labute approximate surface area is 92.4 Å². The number of carbonyl (C=O) groups is 1. The Hall–Kier alpha value is -1.16. The van der Waals surface area contributed by atoms with Gasteiger partial charge in [-0.2, -0.15) is 11.8 Å². The molecule has 1 aliphatic rings. The number of carboxylic acids is 1. The number of benzene rings is 1. The summed E-state index contributed by atoms with van der Waals surface area (Å²) in [6.45, 7) is 0.691. The highest BCUT2D eigenvalue weighted by Gasteiger charge is 2.18. The van der Waals surface area contributed by atoms with Gasteiger partial charge in [-0.25, -0.2) is 4.79 Å². The van der Waals surface area contributed by atoms with Crippen LogP contribution in [0.3, 0.4) is 0 Å². The van der Waals surface area contributed by atoms with E-state index < -0.39 is 5.97 Å². The monoisotopic (exact) mass is 224 g/mol. The summed E-state index contributed by atoms with van der Waals surface area (Å²) in [6.07, 6.45) is 0. The molecule has 1 aliphatic heterocycles. The molecule has 1 aromatic rings. The second kappa shape index (κ2) is 4.57. The third-order valence-electron chi connectivity index (χ3n) is 2.27. The third kappa shape index (κ3) is 2.65. The molecule has 0 bridgehead atoms. The molecule has 0 saturated carbocycles. The fourth-order valence-electron chi connectivity index (χ4n) is 1.31. The summed E-state index contributed by atoms with van der Waals surface area (Å²) in [4.78, 5) is 10.7. The average Bonchev–Trinajstić information content (AvgIpc) is 2.16. The second-order valence-corrected chi connectivity index (χ2v) is 4.62. The lowest BCUT2D eigenvalue weighted by molar-refractivity contribution is 0.0696. The van der Waals surface area contributed by atoms with Gasteiger partial charge in [0, 0.05) is 17.4 Å². The SMILES string of the molecule is O=C(O)c1cccc(OCC2CSC2)c1. The van der Waals surface area contributed by atoms with Gasteiger partial charge in [0.1, 0.15) is 5.75 Å². The molecule has 1 heterocycles. The van der Waals surface area contributed by atoms with Gasteiger partial charge in [-0.05, 0) is 18.2 Å². The fourth-order valence-corrected chi connectivity index (χ4v) is 2.08. The molecule has 1 saturated heterocycles. The van der Waals surface area contributed by atoms with Gasteiger partial charge in [-0.15, -0.1) is 0 Å². The number of hydrogen-bond donors (Lipinski definition) is 1. The molecular formula is C11H12O3S. The van der Waals surface area contributed by atoms with E-state index in [-0.39, 0.29) is 5.56 Å². The molecule has 0 aliphatic carbocycles. The zero-order valence-electron chi connectivity index (χ0n) is 8.18. The third-order valence-corrected chi connectivity index (χ3v) is 3.69. The van der Waals surface area contributed by atoms with Gasteiger partial charge in [0.05, 0.1) is 12.2 Å². The van der Waals surface area contributed by atoms with E-state index >= 15 is 0 Å². The topological polar surface area (TPSA) is 46.5 Å². The van der Waals surface area contributed by atoms with Crippen molar-refractivity contribution in [2.45, 2.75) is 0 Å². The van der Waals surface area contributed by atoms with E-state index in [9.17, 15) is 4.79 Å². The molecule has 1 fully saturated rings. The van der Waals surface area contributed by atoms with Crippen LogP contribution in [0.4, 0.5) is 0 Å². The van der Waals surface area contributed by atoms with Crippen molar-refractivity contribution in [3.8, 4) is 5.75 Å². The lowest BCUT2D eigenvalue weighted by Crippen LogP contribution is -2.25. The molecule has 0 atom stereocenters. The van der Waals surface area contributed by atoms with Crippen LogP contribution in [-0.2, 0) is 0 Å². The van der Waals surface area contributed by atoms with Gasteiger partial charge in [-0.3, -0.25) is 0 Å². The number of carboxylic acid groups (broad SMARTS) is 1. The summed E-state index contributed by atoms with van der Waals surface area (Å²) in [7, 11) is 0. The van der Waals surface area contributed by atoms with E-state index in [1.54, 1.807) is 24.3 Å². The molecule has 0 aromatic heterocycles. The Kier molecular flexibility index (Phi) is 3.16. The van der Waals surface area contributed by atoms with Crippen LogP contribution in [0.25, 0.3) is 0 Å². The standard InChI is InChI=1S/C11H12O3S/c12-11(13)9-2-1-3-10(4-9)14-5-8-6-15-7-8/h1-4,8H,5-7H2,(H,12,13). The van der Waals surface area contributed by atoms with Crippen LogP contribution in [0.2, 0.25) is 0 Å². The summed E-state index contributed by atoms with van der Waals surface area (Å²) in [6, 6.07) is 6.62. The summed E-state index contributed by atoms with van der Waals surface area (Å²) in [5.41, 5.74) is 0.274. The zero-order valence-corrected chi connectivity index (χ0v) is 9.00. The highest BCUT2D eigenvalue weighted by molar-refractivity contribution is 8.00. The fraction of sp³-hybridized carbons (Fsp3) is 0.364. The molecule has 3 nitrogen and oxygen atoms in total. The lowest BCUT2D eigenvalue weighted by Gasteiger charge is -2.24. The number of aromatic carboxylic acids is 1. The molecule has 1 N–H and O–H groups in total. The van der Waals surface area contributed by atoms with Gasteiger partial charge in [0.2, 0.25) is 0 Å². The van der Waals surface area contributed by atoms with E-state index in [1.165, 1.54) is 0 Å². The number of ether oxygens (including phenoxy) is 1. The minimum atomic E-state index is -0.917. The predicted octanol–water partition coefficient (Wildman–Crippen LogP) is 2.13. The van der Waals surface area contributed by atoms with Crippen molar-refractivity contribution < 1.29 is 14.6 Å². The second-order valence-electron chi connectivity index (χ2n) is 3.55. The van der Waals surface area contributed by atoms with Crippen molar-refractivity contribution in [1.82, 2.24) is 0 Å².